The van der Waals surface area contributed by atoms with E-state index in [2.05, 4.69) is 10.3 Å². The van der Waals surface area contributed by atoms with Gasteiger partial charge in [-0.1, -0.05) is 11.3 Å². The average Bonchev–Trinajstić information content (AvgIpc) is 3.14. The predicted molar refractivity (Wildman–Crippen MR) is 99.8 cm³/mol. The Morgan fingerprint density at radius 3 is 3.00 bits per heavy atom. The molecule has 1 aromatic carbocycles. The van der Waals surface area contributed by atoms with Crippen LogP contribution in [0, 0.1) is 5.82 Å². The number of nitrogens with zero attached hydrogens (tertiary/aromatic N) is 1. The second-order valence-corrected chi connectivity index (χ2v) is 8.03. The zero-order chi connectivity index (χ0) is 17.4. The highest BCUT2D eigenvalue weighted by Gasteiger charge is 2.26. The lowest BCUT2D eigenvalue weighted by molar-refractivity contribution is 0.0526. The molecule has 2 aromatic heterocycles. The van der Waals surface area contributed by atoms with Gasteiger partial charge in [0.15, 0.2) is 5.13 Å². The minimum Gasteiger partial charge on any atom is -0.462 e. The fraction of sp³-hybridized carbons (Fsp3) is 0.333. The highest BCUT2D eigenvalue weighted by Crippen LogP contribution is 2.41. The SMILES string of the molecule is CCOC(=O)c1c(Nc2nc3ccc(F)cc3s2)sc2c1CCCC2. The van der Waals surface area contributed by atoms with Crippen molar-refractivity contribution < 1.29 is 13.9 Å². The lowest BCUT2D eigenvalue weighted by Crippen LogP contribution is -2.10. The van der Waals surface area contributed by atoms with Gasteiger partial charge in [0.25, 0.3) is 0 Å². The number of carbonyl (C=O) groups is 1. The smallest absolute Gasteiger partial charge is 0.341 e. The van der Waals surface area contributed by atoms with Crippen molar-refractivity contribution in [2.75, 3.05) is 11.9 Å². The lowest BCUT2D eigenvalue weighted by atomic mass is 9.95. The topological polar surface area (TPSA) is 51.2 Å². The molecule has 4 rings (SSSR count). The van der Waals surface area contributed by atoms with Gasteiger partial charge >= 0.3 is 5.97 Å². The number of halogens is 1. The molecule has 3 aromatic rings. The minimum absolute atomic E-state index is 0.276. The Balaban J connectivity index is 1.73. The molecule has 7 heteroatoms. The van der Waals surface area contributed by atoms with Crippen LogP contribution < -0.4 is 5.32 Å². The number of aryl methyl sites for hydroxylation is 1. The first-order chi connectivity index (χ1) is 12.2. The third kappa shape index (κ3) is 3.14. The molecule has 2 heterocycles. The standard InChI is InChI=1S/C18H17FN2O2S2/c1-2-23-17(22)15-11-5-3-4-6-13(11)24-16(15)21-18-20-12-8-7-10(19)9-14(12)25-18/h7-9H,2-6H2,1H3,(H,20,21). The molecule has 1 N–H and O–H groups in total. The van der Waals surface area contributed by atoms with Crippen molar-refractivity contribution in [2.24, 2.45) is 0 Å². The number of carbonyl (C=O) groups excluding carboxylic acids is 1. The first-order valence-corrected chi connectivity index (χ1v) is 9.93. The number of benzene rings is 1. The van der Waals surface area contributed by atoms with E-state index in [1.54, 1.807) is 17.4 Å². The quantitative estimate of drug-likeness (QED) is 0.628. The number of nitrogens with one attached hydrogen (secondary N) is 1. The van der Waals surface area contributed by atoms with Crippen LogP contribution in [0.4, 0.5) is 14.5 Å². The van der Waals surface area contributed by atoms with Crippen molar-refractivity contribution in [3.8, 4) is 0 Å². The molecule has 0 bridgehead atoms. The van der Waals surface area contributed by atoms with Crippen molar-refractivity contribution in [3.05, 3.63) is 40.0 Å². The first-order valence-electron chi connectivity index (χ1n) is 8.30. The van der Waals surface area contributed by atoms with Crippen molar-refractivity contribution in [1.29, 1.82) is 0 Å². The molecular formula is C18H17FN2O2S2. The van der Waals surface area contributed by atoms with E-state index in [4.69, 9.17) is 4.74 Å². The summed E-state index contributed by atoms with van der Waals surface area (Å²) in [5.74, 6) is -0.557. The van der Waals surface area contributed by atoms with E-state index in [0.717, 1.165) is 46.5 Å². The van der Waals surface area contributed by atoms with Gasteiger partial charge in [0.2, 0.25) is 0 Å². The van der Waals surface area contributed by atoms with Crippen LogP contribution in [0.5, 0.6) is 0 Å². The summed E-state index contributed by atoms with van der Waals surface area (Å²) in [6, 6.07) is 4.54. The van der Waals surface area contributed by atoms with Crippen LogP contribution in [0.3, 0.4) is 0 Å². The van der Waals surface area contributed by atoms with Crippen LogP contribution in [-0.4, -0.2) is 17.6 Å². The Morgan fingerprint density at radius 2 is 2.16 bits per heavy atom. The van der Waals surface area contributed by atoms with Gasteiger partial charge in [-0.05, 0) is 56.4 Å². The molecule has 0 saturated heterocycles. The first kappa shape index (κ1) is 16.5. The van der Waals surface area contributed by atoms with E-state index in [-0.39, 0.29) is 11.8 Å². The predicted octanol–water partition coefficient (Wildman–Crippen LogP) is 5.30. The van der Waals surface area contributed by atoms with Crippen LogP contribution in [0.2, 0.25) is 0 Å². The Labute approximate surface area is 152 Å². The molecule has 130 valence electrons. The number of ether oxygens (including phenoxy) is 1. The molecule has 1 aliphatic carbocycles. The maximum absolute atomic E-state index is 13.4. The molecule has 1 aliphatic rings. The summed E-state index contributed by atoms with van der Waals surface area (Å²) in [4.78, 5) is 18.2. The Hall–Kier alpha value is -1.99. The molecular weight excluding hydrogens is 359 g/mol. The van der Waals surface area contributed by atoms with Gasteiger partial charge in [-0.15, -0.1) is 11.3 Å². The fourth-order valence-corrected chi connectivity index (χ4v) is 5.36. The molecule has 25 heavy (non-hydrogen) atoms. The zero-order valence-corrected chi connectivity index (χ0v) is 15.4. The third-order valence-electron chi connectivity index (χ3n) is 4.22. The number of fused-ring (bicyclic) bond motifs is 2. The van der Waals surface area contributed by atoms with Gasteiger partial charge in [0.05, 0.1) is 22.4 Å². The summed E-state index contributed by atoms with van der Waals surface area (Å²) < 4.78 is 19.4. The number of hydrogen-bond donors (Lipinski definition) is 1. The van der Waals surface area contributed by atoms with E-state index in [1.165, 1.54) is 28.3 Å². The second-order valence-electron chi connectivity index (χ2n) is 5.89. The summed E-state index contributed by atoms with van der Waals surface area (Å²) in [6.07, 6.45) is 4.15. The fourth-order valence-electron chi connectivity index (χ4n) is 3.12. The lowest BCUT2D eigenvalue weighted by Gasteiger charge is -2.12. The molecule has 0 amide bonds. The van der Waals surface area contributed by atoms with E-state index in [1.807, 2.05) is 6.92 Å². The highest BCUT2D eigenvalue weighted by atomic mass is 32.1. The molecule has 0 saturated carbocycles. The van der Waals surface area contributed by atoms with Crippen LogP contribution in [0.25, 0.3) is 10.2 Å². The van der Waals surface area contributed by atoms with Crippen LogP contribution >= 0.6 is 22.7 Å². The number of thiophene rings is 1. The number of anilines is 2. The summed E-state index contributed by atoms with van der Waals surface area (Å²) in [6.45, 7) is 2.16. The molecule has 0 aliphatic heterocycles. The van der Waals surface area contributed by atoms with Gasteiger partial charge < -0.3 is 10.1 Å². The van der Waals surface area contributed by atoms with Crippen LogP contribution in [-0.2, 0) is 17.6 Å². The van der Waals surface area contributed by atoms with Crippen LogP contribution in [0.15, 0.2) is 18.2 Å². The second kappa shape index (κ2) is 6.72. The summed E-state index contributed by atoms with van der Waals surface area (Å²) >= 11 is 2.98. The average molecular weight is 376 g/mol. The molecule has 0 fully saturated rings. The third-order valence-corrected chi connectivity index (χ3v) is 6.36. The van der Waals surface area contributed by atoms with E-state index in [9.17, 15) is 9.18 Å². The normalized spacial score (nSPS) is 13.7. The van der Waals surface area contributed by atoms with Crippen molar-refractivity contribution >= 4 is 49.0 Å². The number of esters is 1. The number of thiazole rings is 1. The molecule has 0 unspecified atom stereocenters. The molecule has 0 spiro atoms. The largest absolute Gasteiger partial charge is 0.462 e. The van der Waals surface area contributed by atoms with Gasteiger partial charge in [0.1, 0.15) is 10.8 Å². The number of rotatable bonds is 4. The van der Waals surface area contributed by atoms with E-state index < -0.39 is 0 Å². The van der Waals surface area contributed by atoms with Gasteiger partial charge in [-0.3, -0.25) is 0 Å². The highest BCUT2D eigenvalue weighted by molar-refractivity contribution is 7.23. The number of hydrogen-bond acceptors (Lipinski definition) is 6. The van der Waals surface area contributed by atoms with Crippen LogP contribution in [0.1, 0.15) is 40.6 Å². The van der Waals surface area contributed by atoms with E-state index in [0.29, 0.717) is 17.3 Å². The van der Waals surface area contributed by atoms with Gasteiger partial charge in [-0.25, -0.2) is 14.2 Å². The minimum atomic E-state index is -0.281. The molecule has 4 nitrogen and oxygen atoms in total. The summed E-state index contributed by atoms with van der Waals surface area (Å²) in [7, 11) is 0. The number of aromatic nitrogens is 1. The van der Waals surface area contributed by atoms with Gasteiger partial charge in [0, 0.05) is 4.88 Å². The molecule has 0 radical (unpaired) electrons. The Kier molecular flexibility index (Phi) is 4.43. The van der Waals surface area contributed by atoms with Crippen molar-refractivity contribution in [1.82, 2.24) is 4.98 Å². The molecule has 0 atom stereocenters. The monoisotopic (exact) mass is 376 g/mol. The summed E-state index contributed by atoms with van der Waals surface area (Å²) in [5, 5.41) is 4.72. The summed E-state index contributed by atoms with van der Waals surface area (Å²) in [5.41, 5.74) is 2.50. The Bertz CT molecular complexity index is 948. The van der Waals surface area contributed by atoms with Gasteiger partial charge in [-0.2, -0.15) is 0 Å². The van der Waals surface area contributed by atoms with E-state index >= 15 is 0 Å². The zero-order valence-electron chi connectivity index (χ0n) is 13.7. The maximum Gasteiger partial charge on any atom is 0.341 e. The van der Waals surface area contributed by atoms with Crippen molar-refractivity contribution in [3.63, 3.8) is 0 Å². The maximum atomic E-state index is 13.4. The van der Waals surface area contributed by atoms with Crippen molar-refractivity contribution in [2.45, 2.75) is 32.6 Å². The Morgan fingerprint density at radius 1 is 1.32 bits per heavy atom.